The Hall–Kier alpha value is -1.85. The third-order valence-corrected chi connectivity index (χ3v) is 5.12. The minimum Gasteiger partial charge on any atom is -0.480 e. The zero-order valence-corrected chi connectivity index (χ0v) is 14.0. The van der Waals surface area contributed by atoms with Gasteiger partial charge in [-0.3, -0.25) is 9.48 Å². The van der Waals surface area contributed by atoms with Gasteiger partial charge >= 0.3 is 5.97 Å². The number of amides is 1. The van der Waals surface area contributed by atoms with E-state index in [2.05, 4.69) is 5.10 Å². The van der Waals surface area contributed by atoms with Crippen LogP contribution in [0.3, 0.4) is 0 Å². The first-order valence-electron chi connectivity index (χ1n) is 8.39. The van der Waals surface area contributed by atoms with E-state index in [0.717, 1.165) is 25.7 Å². The number of likely N-dealkylation sites (tertiary alicyclic amines) is 1. The zero-order valence-electron chi connectivity index (χ0n) is 14.0. The average Bonchev–Trinajstić information content (AvgIpc) is 3.11. The summed E-state index contributed by atoms with van der Waals surface area (Å²) in [5, 5.41) is 13.8. The number of hydrogen-bond donors (Lipinski definition) is 1. The van der Waals surface area contributed by atoms with Crippen LogP contribution in [0.4, 0.5) is 0 Å². The van der Waals surface area contributed by atoms with Gasteiger partial charge in [0.15, 0.2) is 0 Å². The molecular weight excluding hydrogens is 294 g/mol. The third kappa shape index (κ3) is 2.86. The molecule has 1 N–H and O–H groups in total. The highest BCUT2D eigenvalue weighted by molar-refractivity contribution is 5.97. The molecule has 1 aromatic rings. The molecule has 1 aromatic heterocycles. The Bertz CT molecular complexity index is 617. The molecule has 126 valence electrons. The molecule has 0 aromatic carbocycles. The van der Waals surface area contributed by atoms with Crippen LogP contribution in [0.15, 0.2) is 12.4 Å². The molecule has 1 saturated heterocycles. The van der Waals surface area contributed by atoms with Crippen molar-refractivity contribution >= 4 is 11.9 Å². The molecule has 0 radical (unpaired) electrons. The van der Waals surface area contributed by atoms with Gasteiger partial charge in [0.2, 0.25) is 0 Å². The van der Waals surface area contributed by atoms with Gasteiger partial charge in [0.1, 0.15) is 6.04 Å². The fourth-order valence-corrected chi connectivity index (χ4v) is 3.92. The number of rotatable bonds is 2. The first-order chi connectivity index (χ1) is 10.8. The smallest absolute Gasteiger partial charge is 0.326 e. The lowest BCUT2D eigenvalue weighted by Gasteiger charge is -2.32. The molecule has 1 aliphatic heterocycles. The van der Waals surface area contributed by atoms with Gasteiger partial charge in [-0.05, 0) is 46.0 Å². The lowest BCUT2D eigenvalue weighted by molar-refractivity contribution is -0.141. The topological polar surface area (TPSA) is 75.4 Å². The van der Waals surface area contributed by atoms with Gasteiger partial charge in [0.05, 0.1) is 17.3 Å². The van der Waals surface area contributed by atoms with Gasteiger partial charge in [-0.1, -0.05) is 12.8 Å². The number of carbonyl (C=O) groups excluding carboxylic acids is 1. The molecule has 6 heteroatoms. The third-order valence-electron chi connectivity index (χ3n) is 5.12. The molecule has 3 atom stereocenters. The molecule has 2 aliphatic rings. The predicted molar refractivity (Wildman–Crippen MR) is 85.2 cm³/mol. The van der Waals surface area contributed by atoms with E-state index in [1.165, 1.54) is 0 Å². The summed E-state index contributed by atoms with van der Waals surface area (Å²) in [4.78, 5) is 26.2. The number of aromatic nitrogens is 2. The van der Waals surface area contributed by atoms with E-state index < -0.39 is 12.0 Å². The first-order valence-corrected chi connectivity index (χ1v) is 8.39. The monoisotopic (exact) mass is 319 g/mol. The van der Waals surface area contributed by atoms with Crippen molar-refractivity contribution < 1.29 is 14.7 Å². The Morgan fingerprint density at radius 3 is 2.57 bits per heavy atom. The van der Waals surface area contributed by atoms with Crippen molar-refractivity contribution in [2.75, 3.05) is 0 Å². The first kappa shape index (κ1) is 16.0. The van der Waals surface area contributed by atoms with Gasteiger partial charge in [0, 0.05) is 12.2 Å². The van der Waals surface area contributed by atoms with Crippen molar-refractivity contribution in [3.63, 3.8) is 0 Å². The number of carboxylic acids is 1. The fraction of sp³-hybridized carbons (Fsp3) is 0.706. The quantitative estimate of drug-likeness (QED) is 0.908. The lowest BCUT2D eigenvalue weighted by Crippen LogP contribution is -2.46. The van der Waals surface area contributed by atoms with Gasteiger partial charge in [-0.2, -0.15) is 5.10 Å². The highest BCUT2D eigenvalue weighted by atomic mass is 16.4. The summed E-state index contributed by atoms with van der Waals surface area (Å²) < 4.78 is 1.75. The van der Waals surface area contributed by atoms with E-state index in [0.29, 0.717) is 17.9 Å². The highest BCUT2D eigenvalue weighted by Crippen LogP contribution is 2.40. The minimum atomic E-state index is -0.893. The zero-order chi connectivity index (χ0) is 16.8. The second-order valence-corrected chi connectivity index (χ2v) is 7.76. The summed E-state index contributed by atoms with van der Waals surface area (Å²) in [6.07, 6.45) is 8.02. The summed E-state index contributed by atoms with van der Waals surface area (Å²) >= 11 is 0. The largest absolute Gasteiger partial charge is 0.480 e. The van der Waals surface area contributed by atoms with Crippen molar-refractivity contribution in [3.05, 3.63) is 18.0 Å². The maximum atomic E-state index is 13.0. The van der Waals surface area contributed by atoms with Crippen LogP contribution < -0.4 is 0 Å². The van der Waals surface area contributed by atoms with Crippen molar-refractivity contribution in [2.45, 2.75) is 70.5 Å². The van der Waals surface area contributed by atoms with E-state index in [4.69, 9.17) is 0 Å². The highest BCUT2D eigenvalue weighted by Gasteiger charge is 2.47. The number of carboxylic acid groups (broad SMARTS) is 1. The van der Waals surface area contributed by atoms with Crippen LogP contribution in [0.5, 0.6) is 0 Å². The molecule has 1 amide bonds. The molecule has 1 saturated carbocycles. The van der Waals surface area contributed by atoms with Gasteiger partial charge in [-0.15, -0.1) is 0 Å². The Morgan fingerprint density at radius 2 is 1.96 bits per heavy atom. The summed E-state index contributed by atoms with van der Waals surface area (Å²) in [5.41, 5.74) is 0.278. The molecular formula is C17H25N3O3. The van der Waals surface area contributed by atoms with Crippen LogP contribution in [0, 0.1) is 5.92 Å². The average molecular weight is 319 g/mol. The number of fused-ring (bicyclic) bond motifs is 1. The normalized spacial score (nSPS) is 27.8. The van der Waals surface area contributed by atoms with Crippen LogP contribution in [-0.4, -0.2) is 43.7 Å². The molecule has 0 unspecified atom stereocenters. The second-order valence-electron chi connectivity index (χ2n) is 7.76. The molecule has 2 fully saturated rings. The molecule has 2 heterocycles. The van der Waals surface area contributed by atoms with Crippen LogP contribution in [0.1, 0.15) is 63.2 Å². The Labute approximate surface area is 136 Å². The van der Waals surface area contributed by atoms with Gasteiger partial charge in [0.25, 0.3) is 5.91 Å². The van der Waals surface area contributed by atoms with E-state index in [1.807, 2.05) is 20.8 Å². The number of carbonyl (C=O) groups is 2. The summed E-state index contributed by atoms with van der Waals surface area (Å²) in [5.74, 6) is -0.760. The minimum absolute atomic E-state index is 0.0651. The standard InChI is InChI=1S/C17H25N3O3/c1-17(2,3)19-10-12(9-18-19)15(21)20-13-7-5-4-6-11(13)8-14(20)16(22)23/h9-11,13-14H,4-8H2,1-3H3,(H,22,23)/t11-,13+,14+/m1/s1. The van der Waals surface area contributed by atoms with Crippen LogP contribution in [0.25, 0.3) is 0 Å². The maximum absolute atomic E-state index is 13.0. The van der Waals surface area contributed by atoms with Crippen molar-refractivity contribution in [1.82, 2.24) is 14.7 Å². The molecule has 0 spiro atoms. The van der Waals surface area contributed by atoms with E-state index >= 15 is 0 Å². The Balaban J connectivity index is 1.89. The van der Waals surface area contributed by atoms with Crippen LogP contribution in [0.2, 0.25) is 0 Å². The maximum Gasteiger partial charge on any atom is 0.326 e. The molecule has 23 heavy (non-hydrogen) atoms. The summed E-state index contributed by atoms with van der Waals surface area (Å²) in [6, 6.07) is -0.635. The van der Waals surface area contributed by atoms with E-state index in [-0.39, 0.29) is 17.5 Å². The number of hydrogen-bond acceptors (Lipinski definition) is 3. The summed E-state index contributed by atoms with van der Waals surface area (Å²) in [7, 11) is 0. The van der Waals surface area contributed by atoms with Crippen LogP contribution in [-0.2, 0) is 10.3 Å². The fourth-order valence-electron chi connectivity index (χ4n) is 3.92. The summed E-state index contributed by atoms with van der Waals surface area (Å²) in [6.45, 7) is 6.05. The van der Waals surface area contributed by atoms with Gasteiger partial charge < -0.3 is 10.0 Å². The molecule has 3 rings (SSSR count). The number of nitrogens with zero attached hydrogens (tertiary/aromatic N) is 3. The molecule has 0 bridgehead atoms. The Morgan fingerprint density at radius 1 is 1.26 bits per heavy atom. The van der Waals surface area contributed by atoms with E-state index in [9.17, 15) is 14.7 Å². The van der Waals surface area contributed by atoms with Crippen molar-refractivity contribution in [1.29, 1.82) is 0 Å². The Kier molecular flexibility index (Phi) is 3.94. The SMILES string of the molecule is CC(C)(C)n1cc(C(=O)N2[C@H](C(=O)O)C[C@H]3CCCC[C@@H]32)cn1. The van der Waals surface area contributed by atoms with Crippen molar-refractivity contribution in [2.24, 2.45) is 5.92 Å². The molecule has 1 aliphatic carbocycles. The molecule has 6 nitrogen and oxygen atoms in total. The van der Waals surface area contributed by atoms with Gasteiger partial charge in [-0.25, -0.2) is 4.79 Å². The number of aliphatic carboxylic acids is 1. The van der Waals surface area contributed by atoms with Crippen molar-refractivity contribution in [3.8, 4) is 0 Å². The predicted octanol–water partition coefficient (Wildman–Crippen LogP) is 2.50. The second kappa shape index (κ2) is 5.65. The lowest BCUT2D eigenvalue weighted by atomic mass is 9.84. The van der Waals surface area contributed by atoms with Crippen LogP contribution >= 0.6 is 0 Å². The van der Waals surface area contributed by atoms with E-state index in [1.54, 1.807) is 22.0 Å².